The summed E-state index contributed by atoms with van der Waals surface area (Å²) in [4.78, 5) is 17.5. The minimum absolute atomic E-state index is 0.195. The van der Waals surface area contributed by atoms with E-state index in [1.54, 1.807) is 11.3 Å². The fraction of sp³-hybridized carbons (Fsp3) is 0.520. The van der Waals surface area contributed by atoms with E-state index < -0.39 is 0 Å². The van der Waals surface area contributed by atoms with E-state index in [1.807, 2.05) is 18.2 Å². The molecule has 1 fully saturated rings. The average molecular weight is 474 g/mol. The summed E-state index contributed by atoms with van der Waals surface area (Å²) in [7, 11) is 0. The summed E-state index contributed by atoms with van der Waals surface area (Å²) < 4.78 is 5.81. The summed E-state index contributed by atoms with van der Waals surface area (Å²) in [5.74, 6) is 1.23. The molecule has 1 aliphatic heterocycles. The largest absolute Gasteiger partial charge is 0.492 e. The molecule has 32 heavy (non-hydrogen) atoms. The summed E-state index contributed by atoms with van der Waals surface area (Å²) in [6, 6.07) is 5.30. The third-order valence-electron chi connectivity index (χ3n) is 6.33. The second kappa shape index (κ2) is 10.7. The number of hydrogen-bond donors (Lipinski definition) is 2. The molecule has 2 aliphatic rings. The molecule has 2 aromatic rings. The van der Waals surface area contributed by atoms with Gasteiger partial charge in [0.2, 0.25) is 0 Å². The number of nitrogens with zero attached hydrogens (tertiary/aromatic N) is 1. The first kappa shape index (κ1) is 23.1. The zero-order valence-electron chi connectivity index (χ0n) is 18.9. The van der Waals surface area contributed by atoms with Gasteiger partial charge < -0.3 is 15.4 Å². The van der Waals surface area contributed by atoms with Crippen LogP contribution in [-0.4, -0.2) is 17.6 Å². The maximum Gasteiger partial charge on any atom is 0.319 e. The van der Waals surface area contributed by atoms with Gasteiger partial charge in [-0.05, 0) is 43.4 Å². The summed E-state index contributed by atoms with van der Waals surface area (Å²) in [6.07, 6.45) is 9.12. The topological polar surface area (TPSA) is 63.2 Å². The van der Waals surface area contributed by atoms with Crippen molar-refractivity contribution in [1.29, 1.82) is 0 Å². The Bertz CT molecular complexity index is 981. The maximum atomic E-state index is 12.4. The van der Waals surface area contributed by atoms with Gasteiger partial charge in [-0.3, -0.25) is 0 Å². The van der Waals surface area contributed by atoms with Gasteiger partial charge in [-0.2, -0.15) is 0 Å². The summed E-state index contributed by atoms with van der Waals surface area (Å²) >= 11 is 8.22. The Morgan fingerprint density at radius 3 is 2.75 bits per heavy atom. The lowest BCUT2D eigenvalue weighted by molar-refractivity contribution is 0.240. The van der Waals surface area contributed by atoms with Crippen molar-refractivity contribution in [2.24, 2.45) is 0 Å². The van der Waals surface area contributed by atoms with Gasteiger partial charge in [0.25, 0.3) is 0 Å². The molecule has 0 spiro atoms. The van der Waals surface area contributed by atoms with Crippen LogP contribution in [0.15, 0.2) is 29.3 Å². The van der Waals surface area contributed by atoms with Gasteiger partial charge in [0, 0.05) is 22.6 Å². The first-order valence-corrected chi connectivity index (χ1v) is 13.0. The van der Waals surface area contributed by atoms with Gasteiger partial charge >= 0.3 is 6.03 Å². The van der Waals surface area contributed by atoms with Crippen LogP contribution in [0.4, 0.5) is 4.79 Å². The predicted molar refractivity (Wildman–Crippen MR) is 131 cm³/mol. The highest BCUT2D eigenvalue weighted by Gasteiger charge is 2.31. The zero-order valence-corrected chi connectivity index (χ0v) is 20.5. The Kier molecular flexibility index (Phi) is 7.74. The van der Waals surface area contributed by atoms with Crippen LogP contribution in [0.25, 0.3) is 5.57 Å². The number of nitrogens with one attached hydrogen (secondary N) is 2. The fourth-order valence-electron chi connectivity index (χ4n) is 4.54. The van der Waals surface area contributed by atoms with Gasteiger partial charge in [0.1, 0.15) is 10.8 Å². The van der Waals surface area contributed by atoms with Gasteiger partial charge in [-0.25, -0.2) is 9.78 Å². The number of thiazole rings is 1. The Labute approximate surface area is 199 Å². The maximum absolute atomic E-state index is 12.4. The monoisotopic (exact) mass is 473 g/mol. The molecule has 2 heterocycles. The molecule has 0 radical (unpaired) electrons. The number of benzene rings is 1. The number of allylic oxidation sites excluding steroid dienone is 1. The van der Waals surface area contributed by atoms with Crippen LogP contribution in [0.1, 0.15) is 93.4 Å². The van der Waals surface area contributed by atoms with Crippen molar-refractivity contribution in [3.8, 4) is 5.75 Å². The number of rotatable bonds is 8. The summed E-state index contributed by atoms with van der Waals surface area (Å²) in [6.45, 7) is 4.84. The Balaban J connectivity index is 1.65. The first-order valence-electron chi connectivity index (χ1n) is 11.8. The normalized spacial score (nSPS) is 19.6. The van der Waals surface area contributed by atoms with Crippen LogP contribution >= 0.6 is 22.9 Å². The molecule has 1 aromatic heterocycles. The number of ether oxygens (including phenoxy) is 1. The zero-order chi connectivity index (χ0) is 22.5. The van der Waals surface area contributed by atoms with Crippen LogP contribution in [0, 0.1) is 0 Å². The van der Waals surface area contributed by atoms with E-state index in [0.717, 1.165) is 41.1 Å². The molecule has 5 nitrogen and oxygen atoms in total. The van der Waals surface area contributed by atoms with Crippen molar-refractivity contribution < 1.29 is 9.53 Å². The van der Waals surface area contributed by atoms with Gasteiger partial charge in [-0.1, -0.05) is 57.2 Å². The van der Waals surface area contributed by atoms with Crippen LogP contribution in [0.3, 0.4) is 0 Å². The lowest BCUT2D eigenvalue weighted by Crippen LogP contribution is -2.43. The number of aromatic nitrogens is 1. The molecule has 1 atom stereocenters. The number of amides is 2. The van der Waals surface area contributed by atoms with Crippen molar-refractivity contribution in [2.75, 3.05) is 6.61 Å². The van der Waals surface area contributed by atoms with E-state index in [1.165, 1.54) is 37.8 Å². The number of unbranched alkanes of at least 4 members (excludes halogenated alkanes) is 1. The molecular weight excluding hydrogens is 442 g/mol. The quantitative estimate of drug-likeness (QED) is 0.398. The van der Waals surface area contributed by atoms with Gasteiger partial charge in [-0.15, -0.1) is 11.3 Å². The third kappa shape index (κ3) is 5.12. The fourth-order valence-corrected chi connectivity index (χ4v) is 5.78. The second-order valence-corrected chi connectivity index (χ2v) is 9.85. The molecule has 4 rings (SSSR count). The first-order chi connectivity index (χ1) is 15.6. The third-order valence-corrected chi connectivity index (χ3v) is 7.52. The molecule has 2 amide bonds. The Morgan fingerprint density at radius 2 is 2.03 bits per heavy atom. The molecule has 172 valence electrons. The summed E-state index contributed by atoms with van der Waals surface area (Å²) in [5.41, 5.74) is 4.08. The molecule has 1 saturated carbocycles. The average Bonchev–Trinajstić information content (AvgIpc) is 3.30. The van der Waals surface area contributed by atoms with Crippen molar-refractivity contribution in [2.45, 2.75) is 77.2 Å². The molecular formula is C25H32ClN3O2S. The van der Waals surface area contributed by atoms with Crippen molar-refractivity contribution in [3.05, 3.63) is 50.6 Å². The minimum Gasteiger partial charge on any atom is -0.492 e. The Hall–Kier alpha value is -2.05. The number of halogens is 1. The van der Waals surface area contributed by atoms with Crippen molar-refractivity contribution in [3.63, 3.8) is 0 Å². The lowest BCUT2D eigenvalue weighted by atomic mass is 9.87. The minimum atomic E-state index is -0.300. The van der Waals surface area contributed by atoms with E-state index in [2.05, 4.69) is 29.9 Å². The number of carbonyl (C=O) groups is 1. The SMILES string of the molecule is CCCCOc1ccc(C2NC(=O)NC(CC)=C2c2nc(C3CCCCC3)cs2)cc1Cl. The van der Waals surface area contributed by atoms with Gasteiger partial charge in [0.15, 0.2) is 0 Å². The molecule has 1 aliphatic carbocycles. The lowest BCUT2D eigenvalue weighted by Gasteiger charge is -2.29. The van der Waals surface area contributed by atoms with Crippen molar-refractivity contribution >= 4 is 34.5 Å². The molecule has 7 heteroatoms. The smallest absolute Gasteiger partial charge is 0.319 e. The number of carbonyl (C=O) groups excluding carboxylic acids is 1. The second-order valence-electron chi connectivity index (χ2n) is 8.58. The summed E-state index contributed by atoms with van der Waals surface area (Å²) in [5, 5.41) is 9.83. The van der Waals surface area contributed by atoms with E-state index in [4.69, 9.17) is 21.3 Å². The number of hydrogen-bond acceptors (Lipinski definition) is 4. The van der Waals surface area contributed by atoms with E-state index in [0.29, 0.717) is 23.3 Å². The predicted octanol–water partition coefficient (Wildman–Crippen LogP) is 7.20. The van der Waals surface area contributed by atoms with Gasteiger partial charge in [0.05, 0.1) is 23.4 Å². The van der Waals surface area contributed by atoms with Crippen molar-refractivity contribution in [1.82, 2.24) is 15.6 Å². The van der Waals surface area contributed by atoms with E-state index in [9.17, 15) is 4.79 Å². The van der Waals surface area contributed by atoms with Crippen LogP contribution < -0.4 is 15.4 Å². The van der Waals surface area contributed by atoms with Crippen LogP contribution in [-0.2, 0) is 0 Å². The molecule has 1 aromatic carbocycles. The van der Waals surface area contributed by atoms with Crippen LogP contribution in [0.2, 0.25) is 5.02 Å². The Morgan fingerprint density at radius 1 is 1.22 bits per heavy atom. The van der Waals surface area contributed by atoms with Crippen LogP contribution in [0.5, 0.6) is 5.75 Å². The molecule has 0 saturated heterocycles. The van der Waals surface area contributed by atoms with E-state index >= 15 is 0 Å². The highest BCUT2D eigenvalue weighted by molar-refractivity contribution is 7.10. The highest BCUT2D eigenvalue weighted by atomic mass is 35.5. The number of urea groups is 1. The van der Waals surface area contributed by atoms with E-state index in [-0.39, 0.29) is 12.1 Å². The molecule has 2 N–H and O–H groups in total. The highest BCUT2D eigenvalue weighted by Crippen LogP contribution is 2.41. The molecule has 0 bridgehead atoms. The molecule has 1 unspecified atom stereocenters. The standard InChI is InChI=1S/C25H32ClN3O2S/c1-3-5-13-31-21-12-11-17(14-18(21)26)23-22(19(4-2)28-25(30)29-23)24-27-20(15-32-24)16-9-7-6-8-10-16/h11-12,14-16,23H,3-10,13H2,1-2H3,(H2,28,29,30).